The van der Waals surface area contributed by atoms with Crippen LogP contribution in [0.3, 0.4) is 0 Å². The maximum absolute atomic E-state index is 12.4. The van der Waals surface area contributed by atoms with E-state index in [9.17, 15) is 18.0 Å². The van der Waals surface area contributed by atoms with Crippen LogP contribution in [0.2, 0.25) is 5.15 Å². The minimum Gasteiger partial charge on any atom is -0.491 e. The molecule has 0 fully saturated rings. The number of H-pyrrole nitrogens is 1. The van der Waals surface area contributed by atoms with Crippen LogP contribution in [0.4, 0.5) is 19.0 Å². The molecule has 3 aromatic rings. The van der Waals surface area contributed by atoms with Crippen molar-refractivity contribution in [1.29, 1.82) is 0 Å². The summed E-state index contributed by atoms with van der Waals surface area (Å²) in [6.07, 6.45) is -1.85. The van der Waals surface area contributed by atoms with Crippen molar-refractivity contribution in [1.82, 2.24) is 19.9 Å². The quantitative estimate of drug-likeness (QED) is 0.420. The van der Waals surface area contributed by atoms with Crippen LogP contribution in [0.25, 0.3) is 11.0 Å². The minimum atomic E-state index is -4.51. The van der Waals surface area contributed by atoms with Gasteiger partial charge in [0.25, 0.3) is 0 Å². The van der Waals surface area contributed by atoms with Gasteiger partial charge in [-0.2, -0.15) is 13.2 Å². The lowest BCUT2D eigenvalue weighted by Gasteiger charge is -2.13. The van der Waals surface area contributed by atoms with E-state index in [4.69, 9.17) is 21.1 Å². The van der Waals surface area contributed by atoms with Gasteiger partial charge in [-0.05, 0) is 0 Å². The highest BCUT2D eigenvalue weighted by Gasteiger charge is 2.29. The van der Waals surface area contributed by atoms with Crippen LogP contribution in [0.1, 0.15) is 0 Å². The third-order valence-corrected chi connectivity index (χ3v) is 4.44. The molecule has 0 atom stereocenters. The van der Waals surface area contributed by atoms with E-state index in [-0.39, 0.29) is 23.1 Å². The lowest BCUT2D eigenvalue weighted by atomic mass is 10.4. The highest BCUT2D eigenvalue weighted by Crippen LogP contribution is 2.30. The predicted octanol–water partition coefficient (Wildman–Crippen LogP) is 3.69. The number of rotatable bonds is 7. The summed E-state index contributed by atoms with van der Waals surface area (Å²) in [6.45, 7) is -1.50. The number of anilines is 1. The van der Waals surface area contributed by atoms with E-state index in [2.05, 4.69) is 25.3 Å². The third kappa shape index (κ3) is 5.87. The van der Waals surface area contributed by atoms with Crippen molar-refractivity contribution in [2.75, 3.05) is 24.8 Å². The number of ether oxygens (including phenoxy) is 2. The van der Waals surface area contributed by atoms with Crippen LogP contribution in [0, 0.1) is 0 Å². The number of fused-ring (bicyclic) bond motifs is 1. The lowest BCUT2D eigenvalue weighted by molar-refractivity contribution is -0.153. The van der Waals surface area contributed by atoms with E-state index in [0.29, 0.717) is 21.3 Å². The van der Waals surface area contributed by atoms with Crippen molar-refractivity contribution in [2.24, 2.45) is 0 Å². The number of nitrogens with one attached hydrogen (secondary N) is 2. The monoisotopic (exact) mass is 447 g/mol. The molecule has 0 aliphatic rings. The Morgan fingerprint density at radius 3 is 2.79 bits per heavy atom. The van der Waals surface area contributed by atoms with Gasteiger partial charge in [0, 0.05) is 12.1 Å². The van der Waals surface area contributed by atoms with Gasteiger partial charge in [0.15, 0.2) is 23.3 Å². The van der Waals surface area contributed by atoms with E-state index in [1.165, 1.54) is 13.3 Å². The fourth-order valence-corrected chi connectivity index (χ4v) is 3.01. The first-order valence-corrected chi connectivity index (χ1v) is 9.27. The number of hydrogen-bond acceptors (Lipinski definition) is 7. The molecule has 3 heterocycles. The number of carbonyl (C=O) groups excluding carboxylic acids is 1. The maximum Gasteiger partial charge on any atom is 0.422 e. The molecule has 13 heteroatoms. The zero-order valence-corrected chi connectivity index (χ0v) is 16.3. The SMILES string of the molecule is COc1cnc(NC(=O)CSc2nc3cnc(Cl)cc3[nH]2)cc1OCC(F)(F)F. The largest absolute Gasteiger partial charge is 0.491 e. The second-order valence-corrected chi connectivity index (χ2v) is 6.88. The predicted molar refractivity (Wildman–Crippen MR) is 101 cm³/mol. The summed E-state index contributed by atoms with van der Waals surface area (Å²) in [5, 5.41) is 3.27. The number of pyridine rings is 2. The van der Waals surface area contributed by atoms with E-state index >= 15 is 0 Å². The van der Waals surface area contributed by atoms with Crippen molar-refractivity contribution < 1.29 is 27.4 Å². The van der Waals surface area contributed by atoms with Crippen LogP contribution in [0.5, 0.6) is 11.5 Å². The summed E-state index contributed by atoms with van der Waals surface area (Å²) < 4.78 is 46.7. The smallest absolute Gasteiger partial charge is 0.422 e. The molecule has 0 radical (unpaired) electrons. The average molecular weight is 448 g/mol. The van der Waals surface area contributed by atoms with Crippen LogP contribution >= 0.6 is 23.4 Å². The molecule has 0 saturated carbocycles. The van der Waals surface area contributed by atoms with Crippen molar-refractivity contribution in [3.63, 3.8) is 0 Å². The van der Waals surface area contributed by atoms with Crippen LogP contribution in [-0.4, -0.2) is 51.5 Å². The number of halogens is 4. The highest BCUT2D eigenvalue weighted by atomic mass is 35.5. The van der Waals surface area contributed by atoms with E-state index in [1.54, 1.807) is 6.07 Å². The number of methoxy groups -OCH3 is 1. The molecule has 0 aromatic carbocycles. The first-order chi connectivity index (χ1) is 13.7. The van der Waals surface area contributed by atoms with E-state index < -0.39 is 18.7 Å². The molecule has 154 valence electrons. The van der Waals surface area contributed by atoms with Gasteiger partial charge >= 0.3 is 6.18 Å². The molecule has 0 aliphatic carbocycles. The molecule has 0 unspecified atom stereocenters. The molecule has 0 saturated heterocycles. The summed E-state index contributed by atoms with van der Waals surface area (Å²) >= 11 is 6.93. The Morgan fingerprint density at radius 2 is 2.07 bits per heavy atom. The number of imidazole rings is 1. The highest BCUT2D eigenvalue weighted by molar-refractivity contribution is 7.99. The number of carbonyl (C=O) groups is 1. The Bertz CT molecular complexity index is 1030. The second-order valence-electron chi connectivity index (χ2n) is 5.53. The lowest BCUT2D eigenvalue weighted by Crippen LogP contribution is -2.20. The molecular weight excluding hydrogens is 435 g/mol. The van der Waals surface area contributed by atoms with Crippen LogP contribution < -0.4 is 14.8 Å². The average Bonchev–Trinajstić information content (AvgIpc) is 3.06. The molecule has 1 amide bonds. The first-order valence-electron chi connectivity index (χ1n) is 7.91. The molecule has 0 bridgehead atoms. The molecule has 2 N–H and O–H groups in total. The van der Waals surface area contributed by atoms with Crippen molar-refractivity contribution in [3.8, 4) is 11.5 Å². The molecule has 3 aromatic heterocycles. The number of hydrogen-bond donors (Lipinski definition) is 2. The summed E-state index contributed by atoms with van der Waals surface area (Å²) in [4.78, 5) is 27.2. The van der Waals surface area contributed by atoms with Crippen LogP contribution in [-0.2, 0) is 4.79 Å². The van der Waals surface area contributed by atoms with Gasteiger partial charge in [0.2, 0.25) is 5.91 Å². The second kappa shape index (κ2) is 8.74. The standard InChI is InChI=1S/C16H13ClF3N5O3S/c1-27-11-5-22-13(3-10(11)28-7-16(18,19)20)25-14(26)6-29-15-23-8-2-12(17)21-4-9(8)24-15/h2-5H,6-7H2,1H3,(H,23,24)(H,22,25,26). The number of nitrogens with zero attached hydrogens (tertiary/aromatic N) is 3. The van der Waals surface area contributed by atoms with Crippen molar-refractivity contribution >= 4 is 46.1 Å². The molecule has 29 heavy (non-hydrogen) atoms. The third-order valence-electron chi connectivity index (χ3n) is 3.36. The number of alkyl halides is 3. The Hall–Kier alpha value is -2.73. The van der Waals surface area contributed by atoms with Gasteiger partial charge in [-0.3, -0.25) is 4.79 Å². The number of aromatic nitrogens is 4. The zero-order valence-electron chi connectivity index (χ0n) is 14.7. The van der Waals surface area contributed by atoms with Gasteiger partial charge in [0.1, 0.15) is 16.5 Å². The van der Waals surface area contributed by atoms with Gasteiger partial charge in [-0.15, -0.1) is 0 Å². The molecule has 0 aliphatic heterocycles. The minimum absolute atomic E-state index is 0.0103. The molecule has 3 rings (SSSR count). The van der Waals surface area contributed by atoms with E-state index in [1.807, 2.05) is 0 Å². The fourth-order valence-electron chi connectivity index (χ4n) is 2.16. The Morgan fingerprint density at radius 1 is 1.28 bits per heavy atom. The normalized spacial score (nSPS) is 11.5. The molecule has 0 spiro atoms. The van der Waals surface area contributed by atoms with Gasteiger partial charge in [-0.1, -0.05) is 23.4 Å². The van der Waals surface area contributed by atoms with Gasteiger partial charge in [-0.25, -0.2) is 15.0 Å². The Kier molecular flexibility index (Phi) is 6.33. The number of amides is 1. The van der Waals surface area contributed by atoms with E-state index in [0.717, 1.165) is 24.0 Å². The zero-order chi connectivity index (χ0) is 21.0. The van der Waals surface area contributed by atoms with Gasteiger partial charge in [0.05, 0.1) is 30.8 Å². The Labute approximate surface area is 171 Å². The summed E-state index contributed by atoms with van der Waals surface area (Å²) in [5.74, 6) is -0.617. The van der Waals surface area contributed by atoms with Crippen molar-refractivity contribution in [3.05, 3.63) is 29.7 Å². The fraction of sp³-hybridized carbons (Fsp3) is 0.250. The summed E-state index contributed by atoms with van der Waals surface area (Å²) in [5.41, 5.74) is 1.27. The van der Waals surface area contributed by atoms with Crippen LogP contribution in [0.15, 0.2) is 29.7 Å². The first kappa shape index (κ1) is 21.0. The van der Waals surface area contributed by atoms with Crippen molar-refractivity contribution in [2.45, 2.75) is 11.3 Å². The van der Waals surface area contributed by atoms with Gasteiger partial charge < -0.3 is 19.8 Å². The topological polar surface area (TPSA) is 102 Å². The Balaban J connectivity index is 1.61. The molecule has 8 nitrogen and oxygen atoms in total. The summed E-state index contributed by atoms with van der Waals surface area (Å²) in [7, 11) is 1.27. The molecular formula is C16H13ClF3N5O3S. The number of aromatic amines is 1. The maximum atomic E-state index is 12.4. The number of thioether (sulfide) groups is 1. The summed E-state index contributed by atoms with van der Waals surface area (Å²) in [6, 6.07) is 2.76.